The van der Waals surface area contributed by atoms with Crippen LogP contribution in [0.2, 0.25) is 0 Å². The van der Waals surface area contributed by atoms with Crippen molar-refractivity contribution >= 4 is 10.0 Å². The molecular formula is C12H16FNO3S. The van der Waals surface area contributed by atoms with Crippen LogP contribution in [0.1, 0.15) is 19.8 Å². The lowest BCUT2D eigenvalue weighted by Crippen LogP contribution is -2.63. The van der Waals surface area contributed by atoms with E-state index in [1.54, 1.807) is 0 Å². The van der Waals surface area contributed by atoms with E-state index in [-0.39, 0.29) is 18.0 Å². The molecule has 1 aliphatic heterocycles. The molecule has 0 radical (unpaired) electrons. The molecule has 1 N–H and O–H groups in total. The lowest BCUT2D eigenvalue weighted by molar-refractivity contribution is -0.0653. The average Bonchev–Trinajstić information content (AvgIpc) is 2.26. The Morgan fingerprint density at radius 2 is 2.11 bits per heavy atom. The summed E-state index contributed by atoms with van der Waals surface area (Å²) in [5, 5.41) is 9.97. The Kier molecular flexibility index (Phi) is 3.44. The summed E-state index contributed by atoms with van der Waals surface area (Å²) in [6, 6.07) is 4.91. The first-order chi connectivity index (χ1) is 8.37. The summed E-state index contributed by atoms with van der Waals surface area (Å²) in [7, 11) is -3.68. The maximum Gasteiger partial charge on any atom is 0.243 e. The van der Waals surface area contributed by atoms with Crippen LogP contribution < -0.4 is 0 Å². The third-order valence-electron chi connectivity index (χ3n) is 3.09. The van der Waals surface area contributed by atoms with E-state index >= 15 is 0 Å². The monoisotopic (exact) mass is 273 g/mol. The normalized spacial score (nSPS) is 19.5. The number of rotatable bonds is 4. The summed E-state index contributed by atoms with van der Waals surface area (Å²) in [5.74, 6) is -0.583. The molecule has 100 valence electrons. The average molecular weight is 273 g/mol. The molecule has 18 heavy (non-hydrogen) atoms. The van der Waals surface area contributed by atoms with Gasteiger partial charge in [-0.05, 0) is 24.6 Å². The summed E-state index contributed by atoms with van der Waals surface area (Å²) in [5.41, 5.74) is -0.921. The maximum absolute atomic E-state index is 13.0. The van der Waals surface area contributed by atoms with E-state index in [0.29, 0.717) is 6.42 Å². The molecule has 0 unspecified atom stereocenters. The molecule has 0 bridgehead atoms. The van der Waals surface area contributed by atoms with Crippen molar-refractivity contribution in [3.05, 3.63) is 30.1 Å². The molecule has 1 saturated heterocycles. The number of benzene rings is 1. The highest BCUT2D eigenvalue weighted by Gasteiger charge is 2.46. The van der Waals surface area contributed by atoms with Gasteiger partial charge in [0.2, 0.25) is 10.0 Å². The zero-order valence-corrected chi connectivity index (χ0v) is 11.0. The highest BCUT2D eigenvalue weighted by molar-refractivity contribution is 7.89. The minimum Gasteiger partial charge on any atom is -0.387 e. The number of aliphatic hydroxyl groups is 1. The molecule has 0 saturated carbocycles. The van der Waals surface area contributed by atoms with E-state index < -0.39 is 21.4 Å². The Bertz CT molecular complexity index is 538. The maximum atomic E-state index is 13.0. The van der Waals surface area contributed by atoms with Gasteiger partial charge < -0.3 is 5.11 Å². The molecule has 1 aromatic rings. The summed E-state index contributed by atoms with van der Waals surface area (Å²) >= 11 is 0. The molecule has 0 spiro atoms. The van der Waals surface area contributed by atoms with E-state index in [4.69, 9.17) is 0 Å². The largest absolute Gasteiger partial charge is 0.387 e. The minimum atomic E-state index is -3.68. The fraction of sp³-hybridized carbons (Fsp3) is 0.500. The number of β-amino-alcohol motifs (C(OH)–C–C–N with tert-alkyl or cyclic N) is 1. The zero-order valence-electron chi connectivity index (χ0n) is 10.1. The molecule has 4 nitrogen and oxygen atoms in total. The molecular weight excluding hydrogens is 257 g/mol. The van der Waals surface area contributed by atoms with Crippen LogP contribution in [0.25, 0.3) is 0 Å². The van der Waals surface area contributed by atoms with Crippen molar-refractivity contribution in [2.75, 3.05) is 13.1 Å². The lowest BCUT2D eigenvalue weighted by atomic mass is 9.92. The second-order valence-corrected chi connectivity index (χ2v) is 6.64. The highest BCUT2D eigenvalue weighted by Crippen LogP contribution is 2.31. The van der Waals surface area contributed by atoms with E-state index in [1.807, 2.05) is 6.92 Å². The molecule has 0 aliphatic carbocycles. The van der Waals surface area contributed by atoms with E-state index in [0.717, 1.165) is 12.5 Å². The first-order valence-electron chi connectivity index (χ1n) is 5.85. The Labute approximate surface area is 106 Å². The zero-order chi connectivity index (χ0) is 13.4. The lowest BCUT2D eigenvalue weighted by Gasteiger charge is -2.45. The number of sulfonamides is 1. The molecule has 0 atom stereocenters. The summed E-state index contributed by atoms with van der Waals surface area (Å²) in [6.07, 6.45) is 1.37. The van der Waals surface area contributed by atoms with Crippen LogP contribution in [0, 0.1) is 5.82 Å². The SMILES string of the molecule is CCCC1(O)CN(S(=O)(=O)c2cccc(F)c2)C1. The predicted octanol–water partition coefficient (Wildman–Crippen LogP) is 1.36. The Balaban J connectivity index is 2.15. The van der Waals surface area contributed by atoms with E-state index in [9.17, 15) is 17.9 Å². The third kappa shape index (κ3) is 2.41. The third-order valence-corrected chi connectivity index (χ3v) is 4.88. The van der Waals surface area contributed by atoms with Gasteiger partial charge in [0.15, 0.2) is 0 Å². The summed E-state index contributed by atoms with van der Waals surface area (Å²) in [4.78, 5) is -0.0685. The van der Waals surface area contributed by atoms with Crippen molar-refractivity contribution in [1.29, 1.82) is 0 Å². The molecule has 0 aromatic heterocycles. The Hall–Kier alpha value is -0.980. The van der Waals surface area contributed by atoms with Crippen molar-refractivity contribution in [3.63, 3.8) is 0 Å². The standard InChI is InChI=1S/C12H16FNO3S/c1-2-6-12(15)8-14(9-12)18(16,17)11-5-3-4-10(13)7-11/h3-5,7,15H,2,6,8-9H2,1H3. The van der Waals surface area contributed by atoms with E-state index in [2.05, 4.69) is 0 Å². The molecule has 1 aliphatic rings. The summed E-state index contributed by atoms with van der Waals surface area (Å²) < 4.78 is 38.4. The van der Waals surface area contributed by atoms with Crippen LogP contribution in [0.15, 0.2) is 29.2 Å². The van der Waals surface area contributed by atoms with Gasteiger partial charge in [-0.3, -0.25) is 0 Å². The number of halogens is 1. The van der Waals surface area contributed by atoms with E-state index in [1.165, 1.54) is 22.5 Å². The molecule has 6 heteroatoms. The van der Waals surface area contributed by atoms with Crippen molar-refractivity contribution in [2.45, 2.75) is 30.3 Å². The Morgan fingerprint density at radius 3 is 2.67 bits per heavy atom. The van der Waals surface area contributed by atoms with Gasteiger partial charge in [0.25, 0.3) is 0 Å². The molecule has 1 fully saturated rings. The van der Waals surface area contributed by atoms with Gasteiger partial charge >= 0.3 is 0 Å². The van der Waals surface area contributed by atoms with Gasteiger partial charge in [0.05, 0.1) is 10.5 Å². The molecule has 2 rings (SSSR count). The van der Waals surface area contributed by atoms with Crippen LogP contribution >= 0.6 is 0 Å². The molecule has 1 aromatic carbocycles. The highest BCUT2D eigenvalue weighted by atomic mass is 32.2. The Morgan fingerprint density at radius 1 is 1.44 bits per heavy atom. The van der Waals surface area contributed by atoms with Crippen molar-refractivity contribution in [2.24, 2.45) is 0 Å². The van der Waals surface area contributed by atoms with Crippen LogP contribution in [0.3, 0.4) is 0 Å². The van der Waals surface area contributed by atoms with Crippen LogP contribution in [-0.4, -0.2) is 36.5 Å². The van der Waals surface area contributed by atoms with Crippen molar-refractivity contribution in [1.82, 2.24) is 4.31 Å². The van der Waals surface area contributed by atoms with Gasteiger partial charge in [-0.15, -0.1) is 0 Å². The van der Waals surface area contributed by atoms with Gasteiger partial charge in [-0.2, -0.15) is 4.31 Å². The molecule has 1 heterocycles. The summed E-state index contributed by atoms with van der Waals surface area (Å²) in [6.45, 7) is 2.10. The van der Waals surface area contributed by atoms with Gasteiger partial charge in [0, 0.05) is 13.1 Å². The van der Waals surface area contributed by atoms with Crippen molar-refractivity contribution in [3.8, 4) is 0 Å². The molecule has 0 amide bonds. The van der Waals surface area contributed by atoms with Crippen LogP contribution in [-0.2, 0) is 10.0 Å². The second kappa shape index (κ2) is 4.60. The fourth-order valence-corrected chi connectivity index (χ4v) is 3.81. The van der Waals surface area contributed by atoms with Gasteiger partial charge in [-0.1, -0.05) is 19.4 Å². The number of hydrogen-bond acceptors (Lipinski definition) is 3. The first-order valence-corrected chi connectivity index (χ1v) is 7.29. The van der Waals surface area contributed by atoms with Crippen molar-refractivity contribution < 1.29 is 17.9 Å². The fourth-order valence-electron chi connectivity index (χ4n) is 2.18. The van der Waals surface area contributed by atoms with Gasteiger partial charge in [-0.25, -0.2) is 12.8 Å². The minimum absolute atomic E-state index is 0.0685. The van der Waals surface area contributed by atoms with Crippen LogP contribution in [0.4, 0.5) is 4.39 Å². The predicted molar refractivity (Wildman–Crippen MR) is 65.0 cm³/mol. The number of nitrogens with zero attached hydrogens (tertiary/aromatic N) is 1. The number of hydrogen-bond donors (Lipinski definition) is 1. The quantitative estimate of drug-likeness (QED) is 0.901. The smallest absolute Gasteiger partial charge is 0.243 e. The second-order valence-electron chi connectivity index (χ2n) is 4.70. The first kappa shape index (κ1) is 13.5. The topological polar surface area (TPSA) is 57.6 Å². The van der Waals surface area contributed by atoms with Crippen LogP contribution in [0.5, 0.6) is 0 Å². The van der Waals surface area contributed by atoms with Gasteiger partial charge in [0.1, 0.15) is 5.82 Å².